The fourth-order valence-electron chi connectivity index (χ4n) is 2.75. The maximum absolute atomic E-state index is 12.4. The molecule has 0 bridgehead atoms. The molecule has 0 aliphatic carbocycles. The minimum atomic E-state index is -0.222. The van der Waals surface area contributed by atoms with Gasteiger partial charge in [-0.2, -0.15) is 0 Å². The third-order valence-electron chi connectivity index (χ3n) is 3.84. The van der Waals surface area contributed by atoms with Gasteiger partial charge in [-0.05, 0) is 38.3 Å². The molecule has 1 aromatic carbocycles. The second-order valence-corrected chi connectivity index (χ2v) is 5.56. The predicted octanol–water partition coefficient (Wildman–Crippen LogP) is 3.03. The van der Waals surface area contributed by atoms with Gasteiger partial charge in [-0.3, -0.25) is 9.78 Å². The number of rotatable bonds is 3. The highest BCUT2D eigenvalue weighted by atomic mass is 16.1. The number of aryl methyl sites for hydroxylation is 1. The summed E-state index contributed by atoms with van der Waals surface area (Å²) in [7, 11) is 0. The van der Waals surface area contributed by atoms with Crippen molar-refractivity contribution in [3.63, 3.8) is 0 Å². The summed E-state index contributed by atoms with van der Waals surface area (Å²) in [5.41, 5.74) is 2.99. The molecule has 1 N–H and O–H groups in total. The van der Waals surface area contributed by atoms with Gasteiger partial charge in [0.05, 0.1) is 23.3 Å². The summed E-state index contributed by atoms with van der Waals surface area (Å²) in [4.78, 5) is 23.0. The summed E-state index contributed by atoms with van der Waals surface area (Å²) in [6, 6.07) is 7.94. The van der Waals surface area contributed by atoms with E-state index in [9.17, 15) is 4.79 Å². The molecule has 0 atom stereocenters. The molecule has 1 aromatic heterocycles. The molecular weight excluding hydrogens is 276 g/mol. The molecule has 2 aromatic rings. The quantitative estimate of drug-likeness (QED) is 0.946. The van der Waals surface area contributed by atoms with Crippen molar-refractivity contribution in [2.24, 2.45) is 0 Å². The Labute approximate surface area is 130 Å². The molecule has 1 amide bonds. The van der Waals surface area contributed by atoms with E-state index in [1.165, 1.54) is 25.5 Å². The number of amides is 1. The summed E-state index contributed by atoms with van der Waals surface area (Å²) < 4.78 is 0. The monoisotopic (exact) mass is 296 g/mol. The molecule has 2 heterocycles. The number of piperidine rings is 1. The van der Waals surface area contributed by atoms with Gasteiger partial charge in [0.15, 0.2) is 0 Å². The van der Waals surface area contributed by atoms with E-state index in [0.717, 1.165) is 30.2 Å². The third-order valence-corrected chi connectivity index (χ3v) is 3.84. The van der Waals surface area contributed by atoms with Gasteiger partial charge in [0.2, 0.25) is 0 Å². The topological polar surface area (TPSA) is 58.1 Å². The van der Waals surface area contributed by atoms with E-state index in [1.54, 1.807) is 6.20 Å². The van der Waals surface area contributed by atoms with Crippen LogP contribution >= 0.6 is 0 Å². The fraction of sp³-hybridized carbons (Fsp3) is 0.353. The van der Waals surface area contributed by atoms with Crippen LogP contribution in [0.15, 0.2) is 36.7 Å². The van der Waals surface area contributed by atoms with Crippen molar-refractivity contribution in [2.75, 3.05) is 23.3 Å². The molecule has 0 unspecified atom stereocenters. The first kappa shape index (κ1) is 14.5. The van der Waals surface area contributed by atoms with Crippen molar-refractivity contribution in [1.29, 1.82) is 0 Å². The van der Waals surface area contributed by atoms with Gasteiger partial charge in [-0.25, -0.2) is 4.98 Å². The largest absolute Gasteiger partial charge is 0.370 e. The Morgan fingerprint density at radius 3 is 2.68 bits per heavy atom. The minimum absolute atomic E-state index is 0.222. The second kappa shape index (κ2) is 6.56. The standard InChI is InChI=1S/C17H20N4O/c1-13-11-18-12-15(19-13)17(22)20-14-7-3-4-8-16(14)21-9-5-2-6-10-21/h3-4,7-8,11-12H,2,5-6,9-10H2,1H3,(H,20,22). The lowest BCUT2D eigenvalue weighted by atomic mass is 10.1. The Bertz CT molecular complexity index is 665. The molecule has 114 valence electrons. The number of benzene rings is 1. The van der Waals surface area contributed by atoms with Gasteiger partial charge in [-0.1, -0.05) is 12.1 Å². The maximum Gasteiger partial charge on any atom is 0.275 e. The van der Waals surface area contributed by atoms with E-state index >= 15 is 0 Å². The summed E-state index contributed by atoms with van der Waals surface area (Å²) in [5, 5.41) is 2.97. The van der Waals surface area contributed by atoms with Crippen LogP contribution in [0.3, 0.4) is 0 Å². The molecule has 1 fully saturated rings. The summed E-state index contributed by atoms with van der Waals surface area (Å²) >= 11 is 0. The van der Waals surface area contributed by atoms with Crippen LogP contribution in [0.2, 0.25) is 0 Å². The fourth-order valence-corrected chi connectivity index (χ4v) is 2.75. The zero-order valence-corrected chi connectivity index (χ0v) is 12.7. The van der Waals surface area contributed by atoms with Crippen molar-refractivity contribution in [3.8, 4) is 0 Å². The lowest BCUT2D eigenvalue weighted by Crippen LogP contribution is -2.30. The number of carbonyl (C=O) groups is 1. The number of para-hydroxylation sites is 2. The molecule has 1 saturated heterocycles. The Kier molecular flexibility index (Phi) is 4.32. The summed E-state index contributed by atoms with van der Waals surface area (Å²) in [6.45, 7) is 3.90. The van der Waals surface area contributed by atoms with E-state index in [0.29, 0.717) is 5.69 Å². The van der Waals surface area contributed by atoms with Crippen LogP contribution in [0.5, 0.6) is 0 Å². The minimum Gasteiger partial charge on any atom is -0.370 e. The average Bonchev–Trinajstić information content (AvgIpc) is 2.56. The lowest BCUT2D eigenvalue weighted by Gasteiger charge is -2.30. The number of nitrogens with one attached hydrogen (secondary N) is 1. The molecule has 1 aliphatic rings. The molecule has 0 saturated carbocycles. The zero-order valence-electron chi connectivity index (χ0n) is 12.7. The molecular formula is C17H20N4O. The van der Waals surface area contributed by atoms with Crippen LogP contribution in [-0.4, -0.2) is 29.0 Å². The van der Waals surface area contributed by atoms with E-state index in [2.05, 4.69) is 26.3 Å². The SMILES string of the molecule is Cc1cncc(C(=O)Nc2ccccc2N2CCCCC2)n1. The first-order valence-electron chi connectivity index (χ1n) is 7.68. The average molecular weight is 296 g/mol. The van der Waals surface area contributed by atoms with Gasteiger partial charge in [-0.15, -0.1) is 0 Å². The number of hydrogen-bond donors (Lipinski definition) is 1. The van der Waals surface area contributed by atoms with E-state index in [-0.39, 0.29) is 5.91 Å². The Morgan fingerprint density at radius 1 is 1.14 bits per heavy atom. The smallest absolute Gasteiger partial charge is 0.275 e. The molecule has 5 nitrogen and oxygen atoms in total. The summed E-state index contributed by atoms with van der Waals surface area (Å²) in [5.74, 6) is -0.222. The normalized spacial score (nSPS) is 14.7. The predicted molar refractivity (Wildman–Crippen MR) is 87.2 cm³/mol. The summed E-state index contributed by atoms with van der Waals surface area (Å²) in [6.07, 6.45) is 6.81. The number of carbonyl (C=O) groups excluding carboxylic acids is 1. The first-order chi connectivity index (χ1) is 10.7. The zero-order chi connectivity index (χ0) is 15.4. The van der Waals surface area contributed by atoms with Gasteiger partial charge >= 0.3 is 0 Å². The van der Waals surface area contributed by atoms with Gasteiger partial charge < -0.3 is 10.2 Å². The Morgan fingerprint density at radius 2 is 1.91 bits per heavy atom. The van der Waals surface area contributed by atoms with Crippen LogP contribution in [0.4, 0.5) is 11.4 Å². The van der Waals surface area contributed by atoms with Crippen LogP contribution in [-0.2, 0) is 0 Å². The number of aromatic nitrogens is 2. The van der Waals surface area contributed by atoms with Gasteiger partial charge in [0.1, 0.15) is 5.69 Å². The van der Waals surface area contributed by atoms with Crippen LogP contribution in [0.1, 0.15) is 35.4 Å². The van der Waals surface area contributed by atoms with Gasteiger partial charge in [0.25, 0.3) is 5.91 Å². The van der Waals surface area contributed by atoms with Crippen LogP contribution in [0.25, 0.3) is 0 Å². The molecule has 0 spiro atoms. The Hall–Kier alpha value is -2.43. The van der Waals surface area contributed by atoms with E-state index in [1.807, 2.05) is 25.1 Å². The number of hydrogen-bond acceptors (Lipinski definition) is 4. The van der Waals surface area contributed by atoms with Crippen molar-refractivity contribution < 1.29 is 4.79 Å². The van der Waals surface area contributed by atoms with Crippen LogP contribution in [0, 0.1) is 6.92 Å². The number of nitrogens with zero attached hydrogens (tertiary/aromatic N) is 3. The van der Waals surface area contributed by atoms with Crippen molar-refractivity contribution in [1.82, 2.24) is 9.97 Å². The highest BCUT2D eigenvalue weighted by molar-refractivity contribution is 6.04. The van der Waals surface area contributed by atoms with E-state index in [4.69, 9.17) is 0 Å². The maximum atomic E-state index is 12.4. The van der Waals surface area contributed by atoms with Crippen molar-refractivity contribution in [2.45, 2.75) is 26.2 Å². The van der Waals surface area contributed by atoms with Crippen molar-refractivity contribution in [3.05, 3.63) is 48.0 Å². The second-order valence-electron chi connectivity index (χ2n) is 5.56. The first-order valence-corrected chi connectivity index (χ1v) is 7.68. The molecule has 0 radical (unpaired) electrons. The van der Waals surface area contributed by atoms with Crippen molar-refractivity contribution >= 4 is 17.3 Å². The van der Waals surface area contributed by atoms with E-state index < -0.39 is 0 Å². The highest BCUT2D eigenvalue weighted by Crippen LogP contribution is 2.28. The lowest BCUT2D eigenvalue weighted by molar-refractivity contribution is 0.102. The molecule has 22 heavy (non-hydrogen) atoms. The Balaban J connectivity index is 1.81. The highest BCUT2D eigenvalue weighted by Gasteiger charge is 2.16. The van der Waals surface area contributed by atoms with Crippen LogP contribution < -0.4 is 10.2 Å². The molecule has 5 heteroatoms. The number of anilines is 2. The third kappa shape index (κ3) is 3.24. The molecule has 1 aliphatic heterocycles. The van der Waals surface area contributed by atoms with Gasteiger partial charge in [0, 0.05) is 19.3 Å². The molecule has 3 rings (SSSR count).